The molecule has 1 saturated heterocycles. The summed E-state index contributed by atoms with van der Waals surface area (Å²) in [5, 5.41) is 6.60. The molecular weight excluding hydrogens is 679 g/mol. The summed E-state index contributed by atoms with van der Waals surface area (Å²) in [6.07, 6.45) is 0.432. The maximum absolute atomic E-state index is 13.7. The molecule has 1 fully saturated rings. The van der Waals surface area contributed by atoms with E-state index in [0.717, 1.165) is 30.4 Å². The summed E-state index contributed by atoms with van der Waals surface area (Å²) in [6.45, 7) is 1.26. The first-order valence-electron chi connectivity index (χ1n) is 17.5. The third kappa shape index (κ3) is 6.98. The van der Waals surface area contributed by atoms with Gasteiger partial charge in [0.2, 0.25) is 0 Å². The lowest BCUT2D eigenvalue weighted by Crippen LogP contribution is -2.37. The maximum Gasteiger partial charge on any atom is 0.393 e. The predicted octanol–water partition coefficient (Wildman–Crippen LogP) is 6.41. The summed E-state index contributed by atoms with van der Waals surface area (Å²) in [7, 11) is 3.01. The van der Waals surface area contributed by atoms with Crippen molar-refractivity contribution in [1.82, 2.24) is 9.80 Å². The Morgan fingerprint density at radius 2 is 1.37 bits per heavy atom. The van der Waals surface area contributed by atoms with Crippen molar-refractivity contribution >= 4 is 34.4 Å². The van der Waals surface area contributed by atoms with E-state index in [1.54, 1.807) is 24.1 Å². The number of fused-ring (bicyclic) bond motifs is 4. The average Bonchev–Trinajstić information content (AvgIpc) is 3.72. The molecule has 7 rings (SSSR count). The van der Waals surface area contributed by atoms with Crippen LogP contribution in [0.3, 0.4) is 0 Å². The van der Waals surface area contributed by atoms with E-state index in [0.29, 0.717) is 71.8 Å². The summed E-state index contributed by atoms with van der Waals surface area (Å²) in [5.41, 5.74) is 10.7. The Hall–Kier alpha value is -5.27. The second-order valence-electron chi connectivity index (χ2n) is 13.5. The lowest BCUT2D eigenvalue weighted by Gasteiger charge is -2.21. The Kier molecular flexibility index (Phi) is 9.73. The fourth-order valence-electron chi connectivity index (χ4n) is 7.36. The second kappa shape index (κ2) is 14.4. The number of amides is 2. The van der Waals surface area contributed by atoms with E-state index in [9.17, 15) is 22.8 Å². The fourth-order valence-corrected chi connectivity index (χ4v) is 7.36. The molecule has 0 saturated carbocycles. The molecule has 0 spiro atoms. The minimum absolute atomic E-state index is 0.0259. The number of rotatable bonds is 11. The molecule has 11 nitrogen and oxygen atoms in total. The van der Waals surface area contributed by atoms with Crippen molar-refractivity contribution in [2.24, 2.45) is 5.92 Å². The predicted molar refractivity (Wildman–Crippen MR) is 190 cm³/mol. The molecule has 276 valence electrons. The Bertz CT molecular complexity index is 1870. The van der Waals surface area contributed by atoms with E-state index in [2.05, 4.69) is 10.6 Å². The van der Waals surface area contributed by atoms with Crippen molar-refractivity contribution in [3.8, 4) is 23.0 Å². The van der Waals surface area contributed by atoms with Crippen molar-refractivity contribution in [3.05, 3.63) is 71.4 Å². The van der Waals surface area contributed by atoms with Gasteiger partial charge >= 0.3 is 6.18 Å². The molecule has 2 amide bonds. The number of nitrogen functional groups attached to an aromatic ring is 1. The third-order valence-corrected chi connectivity index (χ3v) is 10.2. The number of nitrogens with two attached hydrogens (primary N) is 1. The van der Waals surface area contributed by atoms with E-state index < -0.39 is 24.0 Å². The van der Waals surface area contributed by atoms with E-state index in [1.165, 1.54) is 18.1 Å². The minimum Gasteiger partial charge on any atom is -0.493 e. The first-order chi connectivity index (χ1) is 25.0. The normalized spacial score (nSPS) is 20.7. The van der Waals surface area contributed by atoms with Crippen LogP contribution in [0.5, 0.6) is 23.0 Å². The fraction of sp³-hybridized carbons (Fsp3) is 0.421. The van der Waals surface area contributed by atoms with Gasteiger partial charge in [-0.15, -0.1) is 0 Å². The zero-order chi connectivity index (χ0) is 36.6. The van der Waals surface area contributed by atoms with Crippen LogP contribution in [0.25, 0.3) is 5.57 Å². The van der Waals surface area contributed by atoms with Crippen molar-refractivity contribution < 1.29 is 41.7 Å². The van der Waals surface area contributed by atoms with Crippen LogP contribution >= 0.6 is 0 Å². The third-order valence-electron chi connectivity index (χ3n) is 10.2. The van der Waals surface area contributed by atoms with Crippen LogP contribution in [-0.2, 0) is 0 Å². The first kappa shape index (κ1) is 35.1. The lowest BCUT2D eigenvalue weighted by molar-refractivity contribution is -0.170. The molecule has 3 aromatic rings. The Labute approximate surface area is 299 Å². The molecule has 4 aliphatic rings. The molecular formula is C38H42F3N5O6. The summed E-state index contributed by atoms with van der Waals surface area (Å²) in [5.74, 6) is -0.278. The standard InChI is InChI=1S/C38H42F3N5O6/c1-49-32-14-28-30(43-18-26-12-23(20-45(26)36(28)47)22-6-8-25(42)9-7-22)16-34(32)51-10-4-3-5-11-52-35-17-31-29(15-33(35)50-2)37(48)46-21-24(38(39,40)41)13-27(46)19-44-31/h6-9,14-17,20,24,26-27,43-44H,3-5,10-13,18-19,21,42H2,1-2H3/t24-,26-,27-/m0/s1. The number of benzene rings is 3. The topological polar surface area (TPSA) is 128 Å². The summed E-state index contributed by atoms with van der Waals surface area (Å²) in [6, 6.07) is 13.9. The van der Waals surface area contributed by atoms with Gasteiger partial charge in [-0.3, -0.25) is 9.59 Å². The summed E-state index contributed by atoms with van der Waals surface area (Å²) < 4.78 is 63.3. The smallest absolute Gasteiger partial charge is 0.393 e. The number of ether oxygens (including phenoxy) is 4. The van der Waals surface area contributed by atoms with Crippen LogP contribution < -0.4 is 35.3 Å². The highest BCUT2D eigenvalue weighted by atomic mass is 19.4. The second-order valence-corrected chi connectivity index (χ2v) is 13.5. The van der Waals surface area contributed by atoms with Gasteiger partial charge < -0.3 is 45.1 Å². The van der Waals surface area contributed by atoms with Crippen LogP contribution in [0.2, 0.25) is 0 Å². The van der Waals surface area contributed by atoms with Crippen LogP contribution in [-0.4, -0.2) is 86.9 Å². The van der Waals surface area contributed by atoms with Crippen LogP contribution in [0.4, 0.5) is 30.2 Å². The number of nitrogens with one attached hydrogen (secondary N) is 2. The summed E-state index contributed by atoms with van der Waals surface area (Å²) in [4.78, 5) is 30.0. The Morgan fingerprint density at radius 1 is 0.788 bits per heavy atom. The van der Waals surface area contributed by atoms with E-state index in [1.807, 2.05) is 36.5 Å². The number of nitrogens with zero attached hydrogens (tertiary/aromatic N) is 2. The van der Waals surface area contributed by atoms with Gasteiger partial charge in [-0.25, -0.2) is 0 Å². The van der Waals surface area contributed by atoms with Crippen molar-refractivity contribution in [3.63, 3.8) is 0 Å². The molecule has 14 heteroatoms. The molecule has 0 aromatic heterocycles. The maximum atomic E-state index is 13.7. The number of alkyl halides is 3. The van der Waals surface area contributed by atoms with E-state index in [4.69, 9.17) is 24.7 Å². The number of hydrogen-bond donors (Lipinski definition) is 3. The van der Waals surface area contributed by atoms with E-state index in [-0.39, 0.29) is 37.0 Å². The quantitative estimate of drug-likeness (QED) is 0.152. The van der Waals surface area contributed by atoms with Gasteiger partial charge in [0.1, 0.15) is 0 Å². The van der Waals surface area contributed by atoms with E-state index >= 15 is 0 Å². The Balaban J connectivity index is 0.914. The number of carbonyl (C=O) groups is 2. The molecule has 4 N–H and O–H groups in total. The molecule has 0 bridgehead atoms. The van der Waals surface area contributed by atoms with Crippen molar-refractivity contribution in [2.45, 2.75) is 50.4 Å². The van der Waals surface area contributed by atoms with Gasteiger partial charge in [-0.2, -0.15) is 13.2 Å². The lowest BCUT2D eigenvalue weighted by atomic mass is 10.0. The van der Waals surface area contributed by atoms with Gasteiger partial charge in [-0.05, 0) is 67.5 Å². The average molecular weight is 722 g/mol. The number of halogens is 3. The molecule has 3 atom stereocenters. The summed E-state index contributed by atoms with van der Waals surface area (Å²) >= 11 is 0. The highest BCUT2D eigenvalue weighted by molar-refractivity contribution is 6.03. The molecule has 3 aromatic carbocycles. The molecule has 0 radical (unpaired) electrons. The van der Waals surface area contributed by atoms with Gasteiger partial charge in [-0.1, -0.05) is 12.1 Å². The van der Waals surface area contributed by atoms with Crippen LogP contribution in [0, 0.1) is 5.92 Å². The van der Waals surface area contributed by atoms with Crippen molar-refractivity contribution in [1.29, 1.82) is 0 Å². The number of anilines is 3. The zero-order valence-corrected chi connectivity index (χ0v) is 29.1. The zero-order valence-electron chi connectivity index (χ0n) is 29.1. The van der Waals surface area contributed by atoms with Gasteiger partial charge in [0.25, 0.3) is 11.8 Å². The van der Waals surface area contributed by atoms with Gasteiger partial charge in [0, 0.05) is 49.7 Å². The monoisotopic (exact) mass is 721 g/mol. The van der Waals surface area contributed by atoms with Gasteiger partial charge in [0.05, 0.1) is 61.9 Å². The van der Waals surface area contributed by atoms with Crippen molar-refractivity contribution in [2.75, 3.05) is 63.4 Å². The molecule has 4 heterocycles. The first-order valence-corrected chi connectivity index (χ1v) is 17.5. The highest BCUT2D eigenvalue weighted by Crippen LogP contribution is 2.42. The largest absolute Gasteiger partial charge is 0.493 e. The van der Waals surface area contributed by atoms with Gasteiger partial charge in [0.15, 0.2) is 23.0 Å². The number of carbonyl (C=O) groups excluding carboxylic acids is 2. The molecule has 4 aliphatic heterocycles. The highest BCUT2D eigenvalue weighted by Gasteiger charge is 2.49. The van der Waals surface area contributed by atoms with Crippen LogP contribution in [0.1, 0.15) is 58.4 Å². The number of hydrogen-bond acceptors (Lipinski definition) is 9. The number of unbranched alkanes of at least 4 members (excludes halogenated alkanes) is 2. The minimum atomic E-state index is -4.34. The Morgan fingerprint density at radius 3 is 1.94 bits per heavy atom. The molecule has 0 unspecified atom stereocenters. The van der Waals surface area contributed by atoms with Crippen LogP contribution in [0.15, 0.2) is 54.7 Å². The number of methoxy groups -OCH3 is 2. The molecule has 0 aliphatic carbocycles. The SMILES string of the molecule is COc1cc2c(cc1OCCCCCOc1cc3c(cc1OC)C(=O)N1C[C@@H](C(F)(F)F)C[C@H]1CN3)NC[C@@H]1CC(c3ccc(N)cc3)=CN1C2=O. The molecule has 52 heavy (non-hydrogen) atoms.